The van der Waals surface area contributed by atoms with Crippen LogP contribution in [0.3, 0.4) is 0 Å². The number of methoxy groups -OCH3 is 1. The molecule has 0 aliphatic heterocycles. The van der Waals surface area contributed by atoms with Crippen LogP contribution in [0.2, 0.25) is 0 Å². The van der Waals surface area contributed by atoms with Gasteiger partial charge in [0.2, 0.25) is 0 Å². The van der Waals surface area contributed by atoms with Crippen molar-refractivity contribution in [1.82, 2.24) is 0 Å². The standard InChI is InChI=1S/C13H14F2O3/c1-3-18-12(16)8-11(13(14)15)9-4-6-10(17-2)7-5-9/h4-8,13H,3H2,1-2H3/b11-8+. The quantitative estimate of drug-likeness (QED) is 0.600. The van der Waals surface area contributed by atoms with Gasteiger partial charge < -0.3 is 9.47 Å². The molecule has 0 amide bonds. The molecule has 0 aliphatic carbocycles. The van der Waals surface area contributed by atoms with Gasteiger partial charge in [-0.25, -0.2) is 13.6 Å². The second-order valence-corrected chi connectivity index (χ2v) is 3.38. The molecule has 0 heterocycles. The van der Waals surface area contributed by atoms with Gasteiger partial charge in [-0.2, -0.15) is 0 Å². The van der Waals surface area contributed by atoms with E-state index in [1.807, 2.05) is 0 Å². The molecule has 0 bridgehead atoms. The Hall–Kier alpha value is -1.91. The number of carbonyl (C=O) groups is 1. The smallest absolute Gasteiger partial charge is 0.331 e. The minimum absolute atomic E-state index is 0.147. The number of benzene rings is 1. The molecule has 0 radical (unpaired) electrons. The molecule has 1 aromatic rings. The number of allylic oxidation sites excluding steroid dienone is 1. The van der Waals surface area contributed by atoms with Crippen LogP contribution in [-0.2, 0) is 9.53 Å². The van der Waals surface area contributed by atoms with Crippen molar-refractivity contribution in [1.29, 1.82) is 0 Å². The first-order chi connectivity index (χ1) is 8.58. The Labute approximate surface area is 104 Å². The SMILES string of the molecule is CCOC(=O)/C=C(\c1ccc(OC)cc1)C(F)F. The summed E-state index contributed by atoms with van der Waals surface area (Å²) in [7, 11) is 1.48. The van der Waals surface area contributed by atoms with E-state index in [0.717, 1.165) is 6.08 Å². The van der Waals surface area contributed by atoms with E-state index in [1.165, 1.54) is 19.2 Å². The molecule has 0 saturated carbocycles. The van der Waals surface area contributed by atoms with Crippen molar-refractivity contribution >= 4 is 11.5 Å². The summed E-state index contributed by atoms with van der Waals surface area (Å²) < 4.78 is 35.3. The van der Waals surface area contributed by atoms with Crippen LogP contribution in [0.1, 0.15) is 12.5 Å². The fourth-order valence-electron chi connectivity index (χ4n) is 1.37. The Morgan fingerprint density at radius 3 is 2.39 bits per heavy atom. The van der Waals surface area contributed by atoms with Crippen LogP contribution in [0.25, 0.3) is 5.57 Å². The molecule has 0 aromatic heterocycles. The summed E-state index contributed by atoms with van der Waals surface area (Å²) in [6, 6.07) is 6.04. The van der Waals surface area contributed by atoms with Gasteiger partial charge in [-0.3, -0.25) is 0 Å². The number of rotatable bonds is 5. The van der Waals surface area contributed by atoms with Crippen molar-refractivity contribution in [2.75, 3.05) is 13.7 Å². The lowest BCUT2D eigenvalue weighted by molar-refractivity contribution is -0.137. The van der Waals surface area contributed by atoms with Gasteiger partial charge in [-0.05, 0) is 24.6 Å². The zero-order chi connectivity index (χ0) is 13.5. The predicted molar refractivity (Wildman–Crippen MR) is 63.6 cm³/mol. The van der Waals surface area contributed by atoms with Crippen molar-refractivity contribution in [3.63, 3.8) is 0 Å². The van der Waals surface area contributed by atoms with E-state index in [9.17, 15) is 13.6 Å². The lowest BCUT2D eigenvalue weighted by Crippen LogP contribution is -2.05. The molecule has 0 atom stereocenters. The lowest BCUT2D eigenvalue weighted by Gasteiger charge is -2.07. The average molecular weight is 256 g/mol. The molecule has 0 aliphatic rings. The highest BCUT2D eigenvalue weighted by atomic mass is 19.3. The fraction of sp³-hybridized carbons (Fsp3) is 0.308. The first-order valence-electron chi connectivity index (χ1n) is 5.39. The topological polar surface area (TPSA) is 35.5 Å². The zero-order valence-electron chi connectivity index (χ0n) is 10.2. The van der Waals surface area contributed by atoms with E-state index in [1.54, 1.807) is 19.1 Å². The van der Waals surface area contributed by atoms with Crippen molar-refractivity contribution in [3.8, 4) is 5.75 Å². The number of halogens is 2. The molecule has 1 aromatic carbocycles. The van der Waals surface area contributed by atoms with Gasteiger partial charge in [-0.15, -0.1) is 0 Å². The second-order valence-electron chi connectivity index (χ2n) is 3.38. The predicted octanol–water partition coefficient (Wildman–Crippen LogP) is 2.91. The van der Waals surface area contributed by atoms with Gasteiger partial charge in [0.1, 0.15) is 5.75 Å². The Balaban J connectivity index is 3.00. The van der Waals surface area contributed by atoms with E-state index >= 15 is 0 Å². The summed E-state index contributed by atoms with van der Waals surface area (Å²) in [5, 5.41) is 0. The highest BCUT2D eigenvalue weighted by Gasteiger charge is 2.15. The van der Waals surface area contributed by atoms with Crippen LogP contribution in [-0.4, -0.2) is 26.1 Å². The average Bonchev–Trinajstić information content (AvgIpc) is 2.36. The van der Waals surface area contributed by atoms with Crippen LogP contribution < -0.4 is 4.74 Å². The maximum absolute atomic E-state index is 12.9. The number of ether oxygens (including phenoxy) is 2. The zero-order valence-corrected chi connectivity index (χ0v) is 10.2. The molecule has 1 rings (SSSR count). The molecule has 98 valence electrons. The van der Waals surface area contributed by atoms with Crippen LogP contribution in [0.5, 0.6) is 5.75 Å². The van der Waals surface area contributed by atoms with Crippen LogP contribution in [0.15, 0.2) is 30.3 Å². The molecule has 0 unspecified atom stereocenters. The number of carbonyl (C=O) groups excluding carboxylic acids is 1. The number of esters is 1. The Kier molecular flexibility index (Phi) is 5.30. The van der Waals surface area contributed by atoms with Crippen LogP contribution in [0.4, 0.5) is 8.78 Å². The summed E-state index contributed by atoms with van der Waals surface area (Å²) in [6.07, 6.45) is -1.93. The normalized spacial score (nSPS) is 11.5. The minimum atomic E-state index is -2.75. The fourth-order valence-corrected chi connectivity index (χ4v) is 1.37. The van der Waals surface area contributed by atoms with E-state index in [0.29, 0.717) is 5.75 Å². The lowest BCUT2D eigenvalue weighted by atomic mass is 10.1. The summed E-state index contributed by atoms with van der Waals surface area (Å²) in [6.45, 7) is 1.76. The van der Waals surface area contributed by atoms with Crippen LogP contribution >= 0.6 is 0 Å². The van der Waals surface area contributed by atoms with Crippen molar-refractivity contribution < 1.29 is 23.0 Å². The Bertz CT molecular complexity index is 424. The highest BCUT2D eigenvalue weighted by Crippen LogP contribution is 2.24. The Morgan fingerprint density at radius 1 is 1.33 bits per heavy atom. The van der Waals surface area contributed by atoms with Gasteiger partial charge in [0, 0.05) is 11.6 Å². The maximum Gasteiger partial charge on any atom is 0.331 e. The third kappa shape index (κ3) is 3.84. The summed E-state index contributed by atoms with van der Waals surface area (Å²) in [5.74, 6) is -0.216. The van der Waals surface area contributed by atoms with E-state index in [4.69, 9.17) is 4.74 Å². The number of alkyl halides is 2. The minimum Gasteiger partial charge on any atom is -0.497 e. The molecule has 0 spiro atoms. The second kappa shape index (κ2) is 6.74. The summed E-state index contributed by atoms with van der Waals surface area (Å²) in [5.41, 5.74) is -0.102. The van der Waals surface area contributed by atoms with E-state index in [-0.39, 0.29) is 17.7 Å². The monoisotopic (exact) mass is 256 g/mol. The van der Waals surface area contributed by atoms with Gasteiger partial charge in [0.05, 0.1) is 13.7 Å². The van der Waals surface area contributed by atoms with Crippen molar-refractivity contribution in [2.24, 2.45) is 0 Å². The number of hydrogen-bond acceptors (Lipinski definition) is 3. The van der Waals surface area contributed by atoms with E-state index < -0.39 is 12.4 Å². The largest absolute Gasteiger partial charge is 0.497 e. The van der Waals surface area contributed by atoms with E-state index in [2.05, 4.69) is 4.74 Å². The van der Waals surface area contributed by atoms with Gasteiger partial charge in [0.25, 0.3) is 6.43 Å². The van der Waals surface area contributed by atoms with Gasteiger partial charge in [0.15, 0.2) is 0 Å². The Morgan fingerprint density at radius 2 is 1.94 bits per heavy atom. The molecule has 3 nitrogen and oxygen atoms in total. The molecule has 0 saturated heterocycles. The van der Waals surface area contributed by atoms with Crippen molar-refractivity contribution in [2.45, 2.75) is 13.3 Å². The van der Waals surface area contributed by atoms with Crippen molar-refractivity contribution in [3.05, 3.63) is 35.9 Å². The van der Waals surface area contributed by atoms with Gasteiger partial charge in [-0.1, -0.05) is 12.1 Å². The third-order valence-corrected chi connectivity index (χ3v) is 2.22. The first-order valence-corrected chi connectivity index (χ1v) is 5.39. The highest BCUT2D eigenvalue weighted by molar-refractivity contribution is 5.92. The van der Waals surface area contributed by atoms with Crippen LogP contribution in [0, 0.1) is 0 Å². The third-order valence-electron chi connectivity index (χ3n) is 2.22. The molecular weight excluding hydrogens is 242 g/mol. The molecule has 5 heteroatoms. The first kappa shape index (κ1) is 14.2. The molecule has 0 fully saturated rings. The molecule has 0 N–H and O–H groups in total. The summed E-state index contributed by atoms with van der Waals surface area (Å²) in [4.78, 5) is 11.2. The number of hydrogen-bond donors (Lipinski definition) is 0. The summed E-state index contributed by atoms with van der Waals surface area (Å²) >= 11 is 0. The van der Waals surface area contributed by atoms with Gasteiger partial charge >= 0.3 is 5.97 Å². The molecule has 18 heavy (non-hydrogen) atoms. The molecular formula is C13H14F2O3. The maximum atomic E-state index is 12.9.